The molecule has 0 aliphatic carbocycles. The van der Waals surface area contributed by atoms with E-state index in [0.29, 0.717) is 36.2 Å². The number of amides is 1. The zero-order valence-corrected chi connectivity index (χ0v) is 14.3. The average Bonchev–Trinajstić information content (AvgIpc) is 3.00. The summed E-state index contributed by atoms with van der Waals surface area (Å²) >= 11 is 0. The molecule has 3 aromatic rings. The molecule has 1 aliphatic heterocycles. The molecule has 134 valence electrons. The first-order chi connectivity index (χ1) is 12.6. The van der Waals surface area contributed by atoms with Gasteiger partial charge in [0.05, 0.1) is 11.0 Å². The SMILES string of the molecule is CC(O)c1nc2ccccc2n1CC(=O)Nc1ccc2c(c1)OCCO2. The molecule has 2 aromatic carbocycles. The lowest BCUT2D eigenvalue weighted by Gasteiger charge is -2.19. The van der Waals surface area contributed by atoms with E-state index < -0.39 is 6.10 Å². The second-order valence-corrected chi connectivity index (χ2v) is 6.13. The second-order valence-electron chi connectivity index (χ2n) is 6.13. The van der Waals surface area contributed by atoms with Crippen LogP contribution in [0.3, 0.4) is 0 Å². The fourth-order valence-corrected chi connectivity index (χ4v) is 3.04. The van der Waals surface area contributed by atoms with E-state index >= 15 is 0 Å². The number of fused-ring (bicyclic) bond motifs is 2. The zero-order valence-electron chi connectivity index (χ0n) is 14.3. The van der Waals surface area contributed by atoms with E-state index in [2.05, 4.69) is 10.3 Å². The smallest absolute Gasteiger partial charge is 0.244 e. The molecule has 26 heavy (non-hydrogen) atoms. The normalized spacial score (nSPS) is 14.2. The molecular formula is C19H19N3O4. The Bertz CT molecular complexity index is 965. The van der Waals surface area contributed by atoms with Crippen molar-refractivity contribution in [3.05, 3.63) is 48.3 Å². The highest BCUT2D eigenvalue weighted by molar-refractivity contribution is 5.92. The average molecular weight is 353 g/mol. The number of aliphatic hydroxyl groups excluding tert-OH is 1. The molecule has 0 fully saturated rings. The molecule has 0 saturated heterocycles. The van der Waals surface area contributed by atoms with Crippen LogP contribution in [0.1, 0.15) is 18.9 Å². The van der Waals surface area contributed by atoms with Crippen molar-refractivity contribution < 1.29 is 19.4 Å². The van der Waals surface area contributed by atoms with Crippen LogP contribution in [0.15, 0.2) is 42.5 Å². The van der Waals surface area contributed by atoms with E-state index in [-0.39, 0.29) is 12.5 Å². The first-order valence-electron chi connectivity index (χ1n) is 8.44. The van der Waals surface area contributed by atoms with E-state index in [9.17, 15) is 9.90 Å². The zero-order chi connectivity index (χ0) is 18.1. The van der Waals surface area contributed by atoms with Gasteiger partial charge in [0.1, 0.15) is 31.7 Å². The summed E-state index contributed by atoms with van der Waals surface area (Å²) in [5.74, 6) is 1.54. The standard InChI is InChI=1S/C19H19N3O4/c1-12(23)19-21-14-4-2-3-5-15(14)22(19)11-18(24)20-13-6-7-16-17(10-13)26-9-8-25-16/h2-7,10,12,23H,8-9,11H2,1H3,(H,20,24). The number of carbonyl (C=O) groups is 1. The summed E-state index contributed by atoms with van der Waals surface area (Å²) in [6.07, 6.45) is -0.774. The highest BCUT2D eigenvalue weighted by atomic mass is 16.6. The van der Waals surface area contributed by atoms with Gasteiger partial charge in [-0.05, 0) is 31.2 Å². The molecule has 7 nitrogen and oxygen atoms in total. The Morgan fingerprint density at radius 2 is 2.00 bits per heavy atom. The van der Waals surface area contributed by atoms with Gasteiger partial charge < -0.3 is 24.5 Å². The Hall–Kier alpha value is -3.06. The van der Waals surface area contributed by atoms with Crippen molar-refractivity contribution in [2.24, 2.45) is 0 Å². The molecule has 1 unspecified atom stereocenters. The molecule has 0 radical (unpaired) electrons. The van der Waals surface area contributed by atoms with Crippen LogP contribution in [0, 0.1) is 0 Å². The van der Waals surface area contributed by atoms with E-state index in [1.54, 1.807) is 29.7 Å². The van der Waals surface area contributed by atoms with Crippen LogP contribution in [0.25, 0.3) is 11.0 Å². The number of aromatic nitrogens is 2. The van der Waals surface area contributed by atoms with E-state index in [1.165, 1.54) is 0 Å². The van der Waals surface area contributed by atoms with Crippen LogP contribution in [0.4, 0.5) is 5.69 Å². The lowest BCUT2D eigenvalue weighted by atomic mass is 10.2. The molecule has 1 amide bonds. The molecule has 1 aromatic heterocycles. The lowest BCUT2D eigenvalue weighted by molar-refractivity contribution is -0.116. The quantitative estimate of drug-likeness (QED) is 0.753. The maximum absolute atomic E-state index is 12.6. The van der Waals surface area contributed by atoms with Gasteiger partial charge in [0.25, 0.3) is 0 Å². The Labute approximate surface area is 150 Å². The minimum Gasteiger partial charge on any atom is -0.486 e. The van der Waals surface area contributed by atoms with Crippen LogP contribution < -0.4 is 14.8 Å². The molecule has 4 rings (SSSR count). The number of aliphatic hydroxyl groups is 1. The summed E-state index contributed by atoms with van der Waals surface area (Å²) in [6.45, 7) is 2.70. The fraction of sp³-hybridized carbons (Fsp3) is 0.263. The van der Waals surface area contributed by atoms with Gasteiger partial charge in [0.15, 0.2) is 11.5 Å². The van der Waals surface area contributed by atoms with E-state index in [4.69, 9.17) is 9.47 Å². The van der Waals surface area contributed by atoms with Crippen LogP contribution in [0.5, 0.6) is 11.5 Å². The van der Waals surface area contributed by atoms with Crippen molar-refractivity contribution in [3.63, 3.8) is 0 Å². The highest BCUT2D eigenvalue weighted by Crippen LogP contribution is 2.32. The van der Waals surface area contributed by atoms with Crippen LogP contribution in [-0.2, 0) is 11.3 Å². The number of imidazole rings is 1. The van der Waals surface area contributed by atoms with Crippen molar-refractivity contribution in [3.8, 4) is 11.5 Å². The molecular weight excluding hydrogens is 334 g/mol. The van der Waals surface area contributed by atoms with Gasteiger partial charge >= 0.3 is 0 Å². The molecule has 2 N–H and O–H groups in total. The van der Waals surface area contributed by atoms with Crippen LogP contribution in [-0.4, -0.2) is 33.8 Å². The van der Waals surface area contributed by atoms with Gasteiger partial charge in [-0.2, -0.15) is 0 Å². The minimum absolute atomic E-state index is 0.0508. The number of rotatable bonds is 4. The number of nitrogens with one attached hydrogen (secondary N) is 1. The molecule has 0 saturated carbocycles. The summed E-state index contributed by atoms with van der Waals surface area (Å²) < 4.78 is 12.7. The summed E-state index contributed by atoms with van der Waals surface area (Å²) in [5, 5.41) is 12.9. The fourth-order valence-electron chi connectivity index (χ4n) is 3.04. The maximum Gasteiger partial charge on any atom is 0.244 e. The monoisotopic (exact) mass is 353 g/mol. The number of ether oxygens (including phenoxy) is 2. The maximum atomic E-state index is 12.6. The van der Waals surface area contributed by atoms with E-state index in [0.717, 1.165) is 11.0 Å². The van der Waals surface area contributed by atoms with Gasteiger partial charge in [-0.15, -0.1) is 0 Å². The number of hydrogen-bond acceptors (Lipinski definition) is 5. The Morgan fingerprint density at radius 1 is 1.23 bits per heavy atom. The first-order valence-corrected chi connectivity index (χ1v) is 8.44. The second kappa shape index (κ2) is 6.68. The van der Waals surface area contributed by atoms with Crippen molar-refractivity contribution in [1.82, 2.24) is 9.55 Å². The molecule has 1 atom stereocenters. The predicted octanol–water partition coefficient (Wildman–Crippen LogP) is 2.50. The molecule has 0 bridgehead atoms. The largest absolute Gasteiger partial charge is 0.486 e. The van der Waals surface area contributed by atoms with Crippen molar-refractivity contribution in [2.45, 2.75) is 19.6 Å². The lowest BCUT2D eigenvalue weighted by Crippen LogP contribution is -2.21. The highest BCUT2D eigenvalue weighted by Gasteiger charge is 2.18. The predicted molar refractivity (Wildman–Crippen MR) is 96.4 cm³/mol. The van der Waals surface area contributed by atoms with Crippen molar-refractivity contribution >= 4 is 22.6 Å². The number of anilines is 1. The number of benzene rings is 2. The summed E-state index contributed by atoms with van der Waals surface area (Å²) in [5.41, 5.74) is 2.18. The summed E-state index contributed by atoms with van der Waals surface area (Å²) in [7, 11) is 0. The summed E-state index contributed by atoms with van der Waals surface area (Å²) in [6, 6.07) is 12.8. The molecule has 0 spiro atoms. The third-order valence-electron chi connectivity index (χ3n) is 4.19. The van der Waals surface area contributed by atoms with Gasteiger partial charge in [-0.3, -0.25) is 4.79 Å². The van der Waals surface area contributed by atoms with Gasteiger partial charge in [-0.25, -0.2) is 4.98 Å². The summed E-state index contributed by atoms with van der Waals surface area (Å²) in [4.78, 5) is 17.0. The number of para-hydroxylation sites is 2. The Kier molecular flexibility index (Phi) is 4.22. The van der Waals surface area contributed by atoms with Crippen LogP contribution >= 0.6 is 0 Å². The third-order valence-corrected chi connectivity index (χ3v) is 4.19. The van der Waals surface area contributed by atoms with Gasteiger partial charge in [0, 0.05) is 11.8 Å². The third kappa shape index (κ3) is 3.09. The Morgan fingerprint density at radius 3 is 2.81 bits per heavy atom. The Balaban J connectivity index is 1.57. The van der Waals surface area contributed by atoms with Gasteiger partial charge in [0.2, 0.25) is 5.91 Å². The number of hydrogen-bond donors (Lipinski definition) is 2. The van der Waals surface area contributed by atoms with Crippen molar-refractivity contribution in [1.29, 1.82) is 0 Å². The number of carbonyl (C=O) groups excluding carboxylic acids is 1. The molecule has 2 heterocycles. The minimum atomic E-state index is -0.774. The topological polar surface area (TPSA) is 85.6 Å². The first kappa shape index (κ1) is 16.4. The van der Waals surface area contributed by atoms with Crippen LogP contribution in [0.2, 0.25) is 0 Å². The van der Waals surface area contributed by atoms with Gasteiger partial charge in [-0.1, -0.05) is 12.1 Å². The number of nitrogens with zero attached hydrogens (tertiary/aromatic N) is 2. The molecule has 1 aliphatic rings. The van der Waals surface area contributed by atoms with Crippen molar-refractivity contribution in [2.75, 3.05) is 18.5 Å². The van der Waals surface area contributed by atoms with E-state index in [1.807, 2.05) is 24.3 Å². The molecule has 7 heteroatoms.